The molecule has 0 unspecified atom stereocenters. The molecular weight excluding hydrogens is 380 g/mol. The van der Waals surface area contributed by atoms with Crippen molar-refractivity contribution in [3.8, 4) is 0 Å². The van der Waals surface area contributed by atoms with Crippen LogP contribution in [0, 0.1) is 6.92 Å². The summed E-state index contributed by atoms with van der Waals surface area (Å²) in [5.41, 5.74) is 3.22. The van der Waals surface area contributed by atoms with Crippen molar-refractivity contribution in [1.29, 1.82) is 0 Å². The van der Waals surface area contributed by atoms with Crippen LogP contribution in [-0.4, -0.2) is 23.6 Å². The Balaban J connectivity index is 1.77. The van der Waals surface area contributed by atoms with Gasteiger partial charge in [0.1, 0.15) is 5.00 Å². The molecule has 1 aromatic carbocycles. The van der Waals surface area contributed by atoms with E-state index in [4.69, 9.17) is 17.0 Å². The van der Waals surface area contributed by atoms with Crippen molar-refractivity contribution in [3.05, 3.63) is 51.4 Å². The number of thiocarbonyl (C=S) groups is 1. The summed E-state index contributed by atoms with van der Waals surface area (Å²) in [7, 11) is 0. The number of anilines is 1. The van der Waals surface area contributed by atoms with Crippen molar-refractivity contribution in [2.24, 2.45) is 0 Å². The van der Waals surface area contributed by atoms with Crippen molar-refractivity contribution in [1.82, 2.24) is 5.32 Å². The van der Waals surface area contributed by atoms with E-state index in [1.165, 1.54) is 16.2 Å². The number of hydrogen-bond acceptors (Lipinski definition) is 5. The molecule has 1 amide bonds. The third-order valence-corrected chi connectivity index (χ3v) is 5.83. The first-order valence-electron chi connectivity index (χ1n) is 9.00. The first kappa shape index (κ1) is 19.5. The summed E-state index contributed by atoms with van der Waals surface area (Å²) in [4.78, 5) is 26.0. The fourth-order valence-electron chi connectivity index (χ4n) is 3.09. The monoisotopic (exact) mass is 402 g/mol. The molecule has 142 valence electrons. The fraction of sp³-hybridized carbons (Fsp3) is 0.350. The number of ether oxygens (including phenoxy) is 1. The maximum Gasteiger partial charge on any atom is 0.341 e. The molecule has 1 aromatic heterocycles. The minimum absolute atomic E-state index is 0.171. The van der Waals surface area contributed by atoms with Crippen LogP contribution in [0.15, 0.2) is 24.3 Å². The number of benzene rings is 1. The Morgan fingerprint density at radius 3 is 2.59 bits per heavy atom. The van der Waals surface area contributed by atoms with Gasteiger partial charge in [0.2, 0.25) is 0 Å². The smallest absolute Gasteiger partial charge is 0.341 e. The number of carbonyl (C=O) groups excluding carboxylic acids is 2. The molecule has 2 aromatic rings. The van der Waals surface area contributed by atoms with E-state index in [9.17, 15) is 9.59 Å². The number of rotatable bonds is 4. The van der Waals surface area contributed by atoms with E-state index in [0.29, 0.717) is 22.7 Å². The average Bonchev–Trinajstić information content (AvgIpc) is 3.00. The Bertz CT molecular complexity index is 872. The van der Waals surface area contributed by atoms with Crippen molar-refractivity contribution < 1.29 is 14.3 Å². The van der Waals surface area contributed by atoms with Gasteiger partial charge in [-0.2, -0.15) is 0 Å². The summed E-state index contributed by atoms with van der Waals surface area (Å²) in [5.74, 6) is -0.626. The van der Waals surface area contributed by atoms with E-state index in [0.717, 1.165) is 36.8 Å². The molecule has 27 heavy (non-hydrogen) atoms. The van der Waals surface area contributed by atoms with Gasteiger partial charge in [-0.1, -0.05) is 17.7 Å². The molecule has 0 bridgehead atoms. The number of nitrogens with one attached hydrogen (secondary N) is 2. The van der Waals surface area contributed by atoms with Crippen molar-refractivity contribution in [2.45, 2.75) is 39.5 Å². The number of carbonyl (C=O) groups is 2. The predicted molar refractivity (Wildman–Crippen MR) is 112 cm³/mol. The highest BCUT2D eigenvalue weighted by Crippen LogP contribution is 2.38. The van der Waals surface area contributed by atoms with Gasteiger partial charge in [-0.05, 0) is 69.4 Å². The molecule has 0 radical (unpaired) electrons. The van der Waals surface area contributed by atoms with Crippen LogP contribution in [0.3, 0.4) is 0 Å². The molecule has 0 aliphatic heterocycles. The van der Waals surface area contributed by atoms with Crippen LogP contribution >= 0.6 is 23.6 Å². The number of hydrogen-bond donors (Lipinski definition) is 2. The van der Waals surface area contributed by atoms with E-state index in [1.807, 2.05) is 19.1 Å². The topological polar surface area (TPSA) is 67.4 Å². The van der Waals surface area contributed by atoms with E-state index in [-0.39, 0.29) is 17.0 Å². The minimum atomic E-state index is -0.341. The Kier molecular flexibility index (Phi) is 6.23. The van der Waals surface area contributed by atoms with E-state index >= 15 is 0 Å². The lowest BCUT2D eigenvalue weighted by atomic mass is 9.95. The largest absolute Gasteiger partial charge is 0.462 e. The van der Waals surface area contributed by atoms with Gasteiger partial charge in [-0.3, -0.25) is 10.1 Å². The second kappa shape index (κ2) is 8.63. The summed E-state index contributed by atoms with van der Waals surface area (Å²) in [6.45, 7) is 4.07. The lowest BCUT2D eigenvalue weighted by molar-refractivity contribution is 0.0526. The molecule has 3 rings (SSSR count). The summed E-state index contributed by atoms with van der Waals surface area (Å²) >= 11 is 6.82. The standard InChI is InChI=1S/C20H22N2O3S2/c1-3-25-19(24)16-14-6-4-5-7-15(14)27-18(16)22-20(26)21-17(23)13-10-8-12(2)9-11-13/h8-11H,3-7H2,1-2H3,(H2,21,22,23,26). The molecule has 7 heteroatoms. The maximum atomic E-state index is 12.5. The number of aryl methyl sites for hydroxylation is 2. The number of esters is 1. The Hall–Kier alpha value is -2.25. The molecular formula is C20H22N2O3S2. The highest BCUT2D eigenvalue weighted by atomic mass is 32.1. The van der Waals surface area contributed by atoms with Gasteiger partial charge in [0.15, 0.2) is 5.11 Å². The summed E-state index contributed by atoms with van der Waals surface area (Å²) in [6, 6.07) is 7.25. The Morgan fingerprint density at radius 2 is 1.89 bits per heavy atom. The molecule has 0 saturated heterocycles. The van der Waals surface area contributed by atoms with Crippen LogP contribution < -0.4 is 10.6 Å². The highest BCUT2D eigenvalue weighted by Gasteiger charge is 2.27. The summed E-state index contributed by atoms with van der Waals surface area (Å²) < 4.78 is 5.23. The third-order valence-electron chi connectivity index (χ3n) is 4.42. The van der Waals surface area contributed by atoms with Gasteiger partial charge < -0.3 is 10.1 Å². The van der Waals surface area contributed by atoms with E-state index in [1.54, 1.807) is 19.1 Å². The van der Waals surface area contributed by atoms with Crippen LogP contribution in [0.25, 0.3) is 0 Å². The van der Waals surface area contributed by atoms with Gasteiger partial charge in [-0.25, -0.2) is 4.79 Å². The van der Waals surface area contributed by atoms with E-state index < -0.39 is 0 Å². The van der Waals surface area contributed by atoms with E-state index in [2.05, 4.69) is 10.6 Å². The van der Waals surface area contributed by atoms with Crippen molar-refractivity contribution >= 4 is 45.5 Å². The van der Waals surface area contributed by atoms with Gasteiger partial charge in [0.05, 0.1) is 12.2 Å². The third kappa shape index (κ3) is 4.54. The molecule has 0 atom stereocenters. The minimum Gasteiger partial charge on any atom is -0.462 e. The zero-order chi connectivity index (χ0) is 19.4. The molecule has 1 heterocycles. The number of amides is 1. The second-order valence-electron chi connectivity index (χ2n) is 6.41. The summed E-state index contributed by atoms with van der Waals surface area (Å²) in [5, 5.41) is 6.53. The van der Waals surface area contributed by atoms with Gasteiger partial charge in [-0.15, -0.1) is 11.3 Å². The molecule has 0 saturated carbocycles. The van der Waals surface area contributed by atoms with Gasteiger partial charge in [0, 0.05) is 10.4 Å². The first-order chi connectivity index (χ1) is 13.0. The molecule has 1 aliphatic carbocycles. The maximum absolute atomic E-state index is 12.5. The van der Waals surface area contributed by atoms with Gasteiger partial charge in [0.25, 0.3) is 5.91 Å². The Labute approximate surface area is 168 Å². The first-order valence-corrected chi connectivity index (χ1v) is 10.2. The number of fused-ring (bicyclic) bond motifs is 1. The zero-order valence-corrected chi connectivity index (χ0v) is 17.0. The molecule has 0 fully saturated rings. The molecule has 1 aliphatic rings. The van der Waals surface area contributed by atoms with Crippen LogP contribution in [0.1, 0.15) is 56.5 Å². The average molecular weight is 403 g/mol. The molecule has 5 nitrogen and oxygen atoms in total. The quantitative estimate of drug-likeness (QED) is 0.591. The van der Waals surface area contributed by atoms with Crippen molar-refractivity contribution in [3.63, 3.8) is 0 Å². The lowest BCUT2D eigenvalue weighted by Crippen LogP contribution is -2.34. The molecule has 0 spiro atoms. The van der Waals surface area contributed by atoms with Crippen LogP contribution in [-0.2, 0) is 17.6 Å². The second-order valence-corrected chi connectivity index (χ2v) is 7.92. The van der Waals surface area contributed by atoms with Gasteiger partial charge >= 0.3 is 5.97 Å². The highest BCUT2D eigenvalue weighted by molar-refractivity contribution is 7.80. The Morgan fingerprint density at radius 1 is 1.19 bits per heavy atom. The predicted octanol–water partition coefficient (Wildman–Crippen LogP) is 4.24. The van der Waals surface area contributed by atoms with Crippen molar-refractivity contribution in [2.75, 3.05) is 11.9 Å². The van der Waals surface area contributed by atoms with Crippen LogP contribution in [0.5, 0.6) is 0 Å². The SMILES string of the molecule is CCOC(=O)c1c(NC(=S)NC(=O)c2ccc(C)cc2)sc2c1CCCC2. The lowest BCUT2D eigenvalue weighted by Gasteiger charge is -2.13. The van der Waals surface area contributed by atoms with Crippen LogP contribution in [0.4, 0.5) is 5.00 Å². The summed E-state index contributed by atoms with van der Waals surface area (Å²) in [6.07, 6.45) is 3.99. The number of thiophene rings is 1. The normalized spacial score (nSPS) is 12.8. The fourth-order valence-corrected chi connectivity index (χ4v) is 4.63. The van der Waals surface area contributed by atoms with Crippen LogP contribution in [0.2, 0.25) is 0 Å². The molecule has 2 N–H and O–H groups in total. The zero-order valence-electron chi connectivity index (χ0n) is 15.4.